The normalized spacial score (nSPS) is 22.4. The van der Waals surface area contributed by atoms with E-state index < -0.39 is 17.5 Å². The average Bonchev–Trinajstić information content (AvgIpc) is 3.07. The minimum absolute atomic E-state index is 0.0689. The van der Waals surface area contributed by atoms with E-state index in [0.29, 0.717) is 18.7 Å². The van der Waals surface area contributed by atoms with Crippen molar-refractivity contribution in [3.63, 3.8) is 0 Å². The molecule has 1 aromatic rings. The first kappa shape index (κ1) is 15.5. The van der Waals surface area contributed by atoms with Crippen molar-refractivity contribution in [3.05, 3.63) is 17.5 Å². The second-order valence-electron chi connectivity index (χ2n) is 4.96. The van der Waals surface area contributed by atoms with Gasteiger partial charge in [0.1, 0.15) is 5.54 Å². The molecule has 0 aliphatic carbocycles. The fraction of sp³-hybridized carbons (Fsp3) is 0.615. The number of hydrogen-bond donors (Lipinski definition) is 1. The van der Waals surface area contributed by atoms with Crippen molar-refractivity contribution < 1.29 is 28.7 Å². The maximum absolute atomic E-state index is 11.6. The molecule has 0 spiro atoms. The summed E-state index contributed by atoms with van der Waals surface area (Å²) < 4.78 is 14.7. The number of aromatic nitrogens is 1. The predicted molar refractivity (Wildman–Crippen MR) is 69.7 cm³/mol. The summed E-state index contributed by atoms with van der Waals surface area (Å²) in [5, 5.41) is 13.1. The third kappa shape index (κ3) is 2.91. The molecule has 0 saturated carbocycles. The van der Waals surface area contributed by atoms with Crippen LogP contribution < -0.4 is 0 Å². The molecule has 1 atom stereocenters. The molecule has 8 nitrogen and oxygen atoms in total. The van der Waals surface area contributed by atoms with Crippen LogP contribution in [0.25, 0.3) is 0 Å². The Balaban J connectivity index is 2.15. The number of methoxy groups -OCH3 is 2. The van der Waals surface area contributed by atoms with E-state index in [-0.39, 0.29) is 18.8 Å². The van der Waals surface area contributed by atoms with Crippen molar-refractivity contribution >= 4 is 11.9 Å². The second-order valence-corrected chi connectivity index (χ2v) is 4.96. The number of esters is 1. The Kier molecular flexibility index (Phi) is 4.59. The van der Waals surface area contributed by atoms with Crippen LogP contribution in [-0.2, 0) is 20.8 Å². The molecule has 1 aliphatic rings. The van der Waals surface area contributed by atoms with Crippen LogP contribution in [0, 0.1) is 0 Å². The highest BCUT2D eigenvalue weighted by atomic mass is 16.5. The molecule has 0 radical (unpaired) electrons. The number of carboxylic acid groups (broad SMARTS) is 1. The highest BCUT2D eigenvalue weighted by molar-refractivity contribution is 5.86. The fourth-order valence-corrected chi connectivity index (χ4v) is 2.65. The van der Waals surface area contributed by atoms with E-state index in [0.717, 1.165) is 6.42 Å². The van der Waals surface area contributed by atoms with Crippen LogP contribution in [0.5, 0.6) is 0 Å². The molecule has 0 aromatic carbocycles. The van der Waals surface area contributed by atoms with Crippen LogP contribution in [0.3, 0.4) is 0 Å². The molecular weight excluding hydrogens is 280 g/mol. The van der Waals surface area contributed by atoms with Crippen LogP contribution in [0.1, 0.15) is 29.1 Å². The van der Waals surface area contributed by atoms with Crippen LogP contribution in [0.4, 0.5) is 0 Å². The number of likely N-dealkylation sites (tertiary alicyclic amines) is 1. The van der Waals surface area contributed by atoms with Gasteiger partial charge in [0.15, 0.2) is 11.5 Å². The SMILES string of the molecule is COCC1(C(=O)O)CCCN1Cc1cc(C(=O)OC)no1. The summed E-state index contributed by atoms with van der Waals surface area (Å²) in [6, 6.07) is 1.46. The minimum Gasteiger partial charge on any atom is -0.480 e. The topological polar surface area (TPSA) is 102 Å². The van der Waals surface area contributed by atoms with Gasteiger partial charge in [-0.25, -0.2) is 4.79 Å². The van der Waals surface area contributed by atoms with Gasteiger partial charge in [-0.3, -0.25) is 9.69 Å². The Morgan fingerprint density at radius 3 is 2.90 bits per heavy atom. The number of ether oxygens (including phenoxy) is 2. The summed E-state index contributed by atoms with van der Waals surface area (Å²) >= 11 is 0. The minimum atomic E-state index is -1.06. The standard InChI is InChI=1S/C13H18N2O6/c1-19-8-13(12(17)18)4-3-5-15(13)7-9-6-10(14-21-9)11(16)20-2/h6H,3-5,7-8H2,1-2H3,(H,17,18). The number of carbonyl (C=O) groups is 2. The number of hydrogen-bond acceptors (Lipinski definition) is 7. The predicted octanol–water partition coefficient (Wildman–Crippen LogP) is 0.527. The summed E-state index contributed by atoms with van der Waals surface area (Å²) in [7, 11) is 2.73. The third-order valence-electron chi connectivity index (χ3n) is 3.71. The van der Waals surface area contributed by atoms with Crippen molar-refractivity contribution in [2.24, 2.45) is 0 Å². The summed E-state index contributed by atoms with van der Waals surface area (Å²) in [5.41, 5.74) is -0.994. The Hall–Kier alpha value is -1.93. The smallest absolute Gasteiger partial charge is 0.360 e. The van der Waals surface area contributed by atoms with E-state index in [1.165, 1.54) is 20.3 Å². The molecule has 1 aromatic heterocycles. The Morgan fingerprint density at radius 2 is 2.29 bits per heavy atom. The van der Waals surface area contributed by atoms with E-state index in [4.69, 9.17) is 9.26 Å². The molecule has 1 N–H and O–H groups in total. The molecule has 1 saturated heterocycles. The van der Waals surface area contributed by atoms with Crippen LogP contribution in [0.2, 0.25) is 0 Å². The van der Waals surface area contributed by atoms with Gasteiger partial charge in [0.05, 0.1) is 20.3 Å². The van der Waals surface area contributed by atoms with E-state index in [9.17, 15) is 14.7 Å². The number of carboxylic acids is 1. The van der Waals surface area contributed by atoms with Crippen molar-refractivity contribution in [1.29, 1.82) is 0 Å². The summed E-state index contributed by atoms with van der Waals surface area (Å²) in [5.74, 6) is -1.10. The van der Waals surface area contributed by atoms with Crippen molar-refractivity contribution in [3.8, 4) is 0 Å². The number of rotatable bonds is 6. The lowest BCUT2D eigenvalue weighted by Gasteiger charge is -2.33. The van der Waals surface area contributed by atoms with Gasteiger partial charge in [0, 0.05) is 13.2 Å². The lowest BCUT2D eigenvalue weighted by molar-refractivity contribution is -0.153. The number of nitrogens with zero attached hydrogens (tertiary/aromatic N) is 2. The van der Waals surface area contributed by atoms with E-state index >= 15 is 0 Å². The first-order chi connectivity index (χ1) is 10.0. The maximum Gasteiger partial charge on any atom is 0.360 e. The molecule has 0 amide bonds. The quantitative estimate of drug-likeness (QED) is 0.759. The van der Waals surface area contributed by atoms with Gasteiger partial charge in [0.2, 0.25) is 0 Å². The largest absolute Gasteiger partial charge is 0.480 e. The van der Waals surface area contributed by atoms with Gasteiger partial charge in [-0.15, -0.1) is 0 Å². The molecule has 1 aliphatic heterocycles. The fourth-order valence-electron chi connectivity index (χ4n) is 2.65. The summed E-state index contributed by atoms with van der Waals surface area (Å²) in [4.78, 5) is 24.7. The van der Waals surface area contributed by atoms with E-state index in [1.54, 1.807) is 4.90 Å². The van der Waals surface area contributed by atoms with Crippen molar-refractivity contribution in [2.45, 2.75) is 24.9 Å². The Labute approximate surface area is 121 Å². The first-order valence-electron chi connectivity index (χ1n) is 6.55. The van der Waals surface area contributed by atoms with E-state index in [1.807, 2.05) is 0 Å². The third-order valence-corrected chi connectivity index (χ3v) is 3.71. The monoisotopic (exact) mass is 298 g/mol. The highest BCUT2D eigenvalue weighted by Gasteiger charge is 2.48. The Bertz CT molecular complexity index is 528. The molecule has 0 bridgehead atoms. The molecular formula is C13H18N2O6. The summed E-state index contributed by atoms with van der Waals surface area (Å²) in [6.45, 7) is 0.962. The molecule has 21 heavy (non-hydrogen) atoms. The second kappa shape index (κ2) is 6.23. The number of aliphatic carboxylic acids is 1. The van der Waals surface area contributed by atoms with Crippen molar-refractivity contribution in [2.75, 3.05) is 27.4 Å². The van der Waals surface area contributed by atoms with Gasteiger partial charge < -0.3 is 19.1 Å². The average molecular weight is 298 g/mol. The van der Waals surface area contributed by atoms with Crippen LogP contribution in [-0.4, -0.2) is 60.0 Å². The molecule has 1 unspecified atom stereocenters. The molecule has 2 heterocycles. The van der Waals surface area contributed by atoms with Gasteiger partial charge in [-0.2, -0.15) is 0 Å². The van der Waals surface area contributed by atoms with Gasteiger partial charge in [-0.1, -0.05) is 5.16 Å². The lowest BCUT2D eigenvalue weighted by atomic mass is 9.97. The maximum atomic E-state index is 11.6. The zero-order chi connectivity index (χ0) is 15.5. The lowest BCUT2D eigenvalue weighted by Crippen LogP contribution is -2.53. The first-order valence-corrected chi connectivity index (χ1v) is 6.55. The molecule has 8 heteroatoms. The zero-order valence-corrected chi connectivity index (χ0v) is 12.0. The zero-order valence-electron chi connectivity index (χ0n) is 12.0. The van der Waals surface area contributed by atoms with Crippen molar-refractivity contribution in [1.82, 2.24) is 10.1 Å². The van der Waals surface area contributed by atoms with Gasteiger partial charge in [-0.05, 0) is 19.4 Å². The molecule has 1 fully saturated rings. The summed E-state index contributed by atoms with van der Waals surface area (Å²) in [6.07, 6.45) is 1.27. The van der Waals surface area contributed by atoms with Gasteiger partial charge >= 0.3 is 11.9 Å². The number of carbonyl (C=O) groups excluding carboxylic acids is 1. The van der Waals surface area contributed by atoms with E-state index in [2.05, 4.69) is 9.89 Å². The van der Waals surface area contributed by atoms with Gasteiger partial charge in [0.25, 0.3) is 0 Å². The molecule has 116 valence electrons. The highest BCUT2D eigenvalue weighted by Crippen LogP contribution is 2.31. The van der Waals surface area contributed by atoms with Crippen LogP contribution in [0.15, 0.2) is 10.6 Å². The van der Waals surface area contributed by atoms with Crippen LogP contribution >= 0.6 is 0 Å². The Morgan fingerprint density at radius 1 is 1.52 bits per heavy atom. The molecule has 2 rings (SSSR count).